The molecule has 0 bridgehead atoms. The van der Waals surface area contributed by atoms with Crippen molar-refractivity contribution < 1.29 is 4.79 Å². The van der Waals surface area contributed by atoms with Gasteiger partial charge in [-0.15, -0.1) is 11.3 Å². The van der Waals surface area contributed by atoms with Gasteiger partial charge in [0.25, 0.3) is 0 Å². The van der Waals surface area contributed by atoms with Crippen LogP contribution in [0.25, 0.3) is 0 Å². The fraction of sp³-hybridized carbons (Fsp3) is 0.688. The minimum atomic E-state index is 0.104. The summed E-state index contributed by atoms with van der Waals surface area (Å²) in [5.41, 5.74) is 0. The summed E-state index contributed by atoms with van der Waals surface area (Å²) in [6.07, 6.45) is 3.65. The Kier molecular flexibility index (Phi) is 3.87. The van der Waals surface area contributed by atoms with Gasteiger partial charge in [0.05, 0.1) is 6.54 Å². The van der Waals surface area contributed by atoms with Crippen LogP contribution in [0.15, 0.2) is 12.1 Å². The molecule has 1 saturated carbocycles. The first-order chi connectivity index (χ1) is 9.56. The van der Waals surface area contributed by atoms with Gasteiger partial charge in [0.1, 0.15) is 6.17 Å². The SMILES string of the molecule is Cc1ccc(C2NCC(=O)N2C2CCC(C)C(C)C2)s1. The number of aryl methyl sites for hydroxylation is 1. The van der Waals surface area contributed by atoms with Crippen LogP contribution in [0.2, 0.25) is 0 Å². The van der Waals surface area contributed by atoms with E-state index < -0.39 is 0 Å². The number of hydrogen-bond donors (Lipinski definition) is 1. The van der Waals surface area contributed by atoms with Crippen molar-refractivity contribution in [1.82, 2.24) is 10.2 Å². The van der Waals surface area contributed by atoms with E-state index >= 15 is 0 Å². The summed E-state index contributed by atoms with van der Waals surface area (Å²) in [4.78, 5) is 17.0. The fourth-order valence-corrected chi connectivity index (χ4v) is 4.49. The summed E-state index contributed by atoms with van der Waals surface area (Å²) in [7, 11) is 0. The molecule has 1 N–H and O–H groups in total. The number of hydrogen-bond acceptors (Lipinski definition) is 3. The Balaban J connectivity index is 1.80. The Morgan fingerprint density at radius 3 is 2.70 bits per heavy atom. The van der Waals surface area contributed by atoms with Gasteiger partial charge in [-0.25, -0.2) is 0 Å². The van der Waals surface area contributed by atoms with E-state index in [2.05, 4.69) is 43.1 Å². The molecule has 1 amide bonds. The Hall–Kier alpha value is -0.870. The van der Waals surface area contributed by atoms with E-state index in [1.54, 1.807) is 11.3 Å². The van der Waals surface area contributed by atoms with Crippen LogP contribution in [-0.4, -0.2) is 23.4 Å². The quantitative estimate of drug-likeness (QED) is 0.907. The molecule has 2 heterocycles. The lowest BCUT2D eigenvalue weighted by molar-refractivity contribution is -0.131. The smallest absolute Gasteiger partial charge is 0.238 e. The van der Waals surface area contributed by atoms with Gasteiger partial charge in [-0.05, 0) is 50.2 Å². The molecular formula is C16H24N2OS. The van der Waals surface area contributed by atoms with Crippen LogP contribution >= 0.6 is 11.3 Å². The van der Waals surface area contributed by atoms with Crippen molar-refractivity contribution in [2.75, 3.05) is 6.54 Å². The maximum atomic E-state index is 12.3. The van der Waals surface area contributed by atoms with Crippen LogP contribution in [-0.2, 0) is 4.79 Å². The summed E-state index contributed by atoms with van der Waals surface area (Å²) in [6, 6.07) is 4.72. The van der Waals surface area contributed by atoms with E-state index in [0.29, 0.717) is 18.5 Å². The van der Waals surface area contributed by atoms with Gasteiger partial charge >= 0.3 is 0 Å². The van der Waals surface area contributed by atoms with E-state index in [9.17, 15) is 4.79 Å². The topological polar surface area (TPSA) is 32.3 Å². The summed E-state index contributed by atoms with van der Waals surface area (Å²) < 4.78 is 0. The molecule has 1 aliphatic carbocycles. The van der Waals surface area contributed by atoms with Crippen molar-refractivity contribution in [2.24, 2.45) is 11.8 Å². The Bertz CT molecular complexity index is 498. The highest BCUT2D eigenvalue weighted by Gasteiger charge is 2.39. The average Bonchev–Trinajstić information content (AvgIpc) is 2.99. The first-order valence-corrected chi connectivity index (χ1v) is 8.49. The number of rotatable bonds is 2. The van der Waals surface area contributed by atoms with E-state index in [4.69, 9.17) is 0 Å². The van der Waals surface area contributed by atoms with E-state index in [-0.39, 0.29) is 12.1 Å². The molecule has 2 aliphatic rings. The molecular weight excluding hydrogens is 268 g/mol. The Morgan fingerprint density at radius 2 is 2.05 bits per heavy atom. The van der Waals surface area contributed by atoms with Crippen LogP contribution in [0.1, 0.15) is 49.0 Å². The van der Waals surface area contributed by atoms with Gasteiger partial charge in [0, 0.05) is 15.8 Å². The molecule has 3 nitrogen and oxygen atoms in total. The van der Waals surface area contributed by atoms with Crippen molar-refractivity contribution in [2.45, 2.75) is 52.2 Å². The molecule has 4 heteroatoms. The lowest BCUT2D eigenvalue weighted by Crippen LogP contribution is -2.43. The maximum absolute atomic E-state index is 12.3. The highest BCUT2D eigenvalue weighted by atomic mass is 32.1. The predicted octanol–water partition coefficient (Wildman–Crippen LogP) is 3.31. The van der Waals surface area contributed by atoms with E-state index in [1.165, 1.54) is 16.2 Å². The highest BCUT2D eigenvalue weighted by Crippen LogP contribution is 2.37. The molecule has 1 aliphatic heterocycles. The third kappa shape index (κ3) is 2.51. The zero-order chi connectivity index (χ0) is 14.3. The monoisotopic (exact) mass is 292 g/mol. The summed E-state index contributed by atoms with van der Waals surface area (Å²) >= 11 is 1.80. The lowest BCUT2D eigenvalue weighted by atomic mass is 9.78. The number of nitrogens with one attached hydrogen (secondary N) is 1. The van der Waals surface area contributed by atoms with Gasteiger partial charge in [-0.2, -0.15) is 0 Å². The van der Waals surface area contributed by atoms with Crippen LogP contribution in [0.5, 0.6) is 0 Å². The van der Waals surface area contributed by atoms with Crippen LogP contribution in [0.3, 0.4) is 0 Å². The van der Waals surface area contributed by atoms with Crippen molar-refractivity contribution >= 4 is 17.2 Å². The fourth-order valence-electron chi connectivity index (χ4n) is 3.54. The predicted molar refractivity (Wildman–Crippen MR) is 82.6 cm³/mol. The molecule has 0 radical (unpaired) electrons. The maximum Gasteiger partial charge on any atom is 0.238 e. The number of amides is 1. The third-order valence-corrected chi connectivity index (χ3v) is 6.06. The summed E-state index contributed by atoms with van der Waals surface area (Å²) in [5.74, 6) is 1.78. The second kappa shape index (κ2) is 5.49. The number of carbonyl (C=O) groups excluding carboxylic acids is 1. The molecule has 1 aromatic heterocycles. The minimum absolute atomic E-state index is 0.104. The average molecular weight is 292 g/mol. The van der Waals surface area contributed by atoms with Gasteiger partial charge in [0.15, 0.2) is 0 Å². The molecule has 4 atom stereocenters. The molecule has 1 saturated heterocycles. The highest BCUT2D eigenvalue weighted by molar-refractivity contribution is 7.12. The molecule has 2 fully saturated rings. The van der Waals surface area contributed by atoms with E-state index in [0.717, 1.165) is 18.8 Å². The summed E-state index contributed by atoms with van der Waals surface area (Å²) in [5, 5.41) is 3.40. The second-order valence-corrected chi connectivity index (χ2v) is 7.77. The second-order valence-electron chi connectivity index (χ2n) is 6.45. The van der Waals surface area contributed by atoms with Gasteiger partial charge < -0.3 is 4.90 Å². The normalized spacial score (nSPS) is 34.8. The molecule has 20 heavy (non-hydrogen) atoms. The molecule has 4 unspecified atom stereocenters. The number of thiophene rings is 1. The molecule has 0 aromatic carbocycles. The van der Waals surface area contributed by atoms with Gasteiger partial charge in [-0.3, -0.25) is 10.1 Å². The van der Waals surface area contributed by atoms with E-state index in [1.807, 2.05) is 0 Å². The summed E-state index contributed by atoms with van der Waals surface area (Å²) in [6.45, 7) is 7.28. The van der Waals surface area contributed by atoms with Crippen LogP contribution in [0.4, 0.5) is 0 Å². The lowest BCUT2D eigenvalue weighted by Gasteiger charge is -2.39. The number of carbonyl (C=O) groups is 1. The largest absolute Gasteiger partial charge is 0.318 e. The Morgan fingerprint density at radius 1 is 1.25 bits per heavy atom. The molecule has 110 valence electrons. The van der Waals surface area contributed by atoms with Crippen molar-refractivity contribution in [1.29, 1.82) is 0 Å². The zero-order valence-electron chi connectivity index (χ0n) is 12.6. The zero-order valence-corrected chi connectivity index (χ0v) is 13.4. The Labute approximate surface area is 125 Å². The van der Waals surface area contributed by atoms with Crippen LogP contribution in [0, 0.1) is 18.8 Å². The van der Waals surface area contributed by atoms with Crippen LogP contribution < -0.4 is 5.32 Å². The molecule has 1 aromatic rings. The molecule has 0 spiro atoms. The first kappa shape index (κ1) is 14.1. The number of nitrogens with zero attached hydrogens (tertiary/aromatic N) is 1. The third-order valence-electron chi connectivity index (χ3n) is 5.01. The van der Waals surface area contributed by atoms with Crippen molar-refractivity contribution in [3.8, 4) is 0 Å². The standard InChI is InChI=1S/C16H24N2OS/c1-10-4-6-13(8-11(10)2)18-15(19)9-17-16(18)14-7-5-12(3)20-14/h5,7,10-11,13,16-17H,4,6,8-9H2,1-3H3. The van der Waals surface area contributed by atoms with Crippen molar-refractivity contribution in [3.05, 3.63) is 21.9 Å². The molecule has 3 rings (SSSR count). The van der Waals surface area contributed by atoms with Crippen molar-refractivity contribution in [3.63, 3.8) is 0 Å². The van der Waals surface area contributed by atoms with Gasteiger partial charge in [-0.1, -0.05) is 13.8 Å². The first-order valence-electron chi connectivity index (χ1n) is 7.67. The van der Waals surface area contributed by atoms with Gasteiger partial charge in [0.2, 0.25) is 5.91 Å². The minimum Gasteiger partial charge on any atom is -0.318 e.